The molecule has 0 bridgehead atoms. The minimum atomic E-state index is -4.22. The summed E-state index contributed by atoms with van der Waals surface area (Å²) in [5, 5.41) is 9.90. The van der Waals surface area contributed by atoms with Gasteiger partial charge in [0, 0.05) is 23.4 Å². The largest absolute Gasteiger partial charge is 0.492 e. The second kappa shape index (κ2) is 9.03. The van der Waals surface area contributed by atoms with Gasteiger partial charge in [0.15, 0.2) is 0 Å². The van der Waals surface area contributed by atoms with Crippen molar-refractivity contribution in [1.29, 1.82) is 0 Å². The summed E-state index contributed by atoms with van der Waals surface area (Å²) in [6.45, 7) is 8.74. The number of fused-ring (bicyclic) bond motifs is 3. The van der Waals surface area contributed by atoms with E-state index in [0.717, 1.165) is 37.2 Å². The highest BCUT2D eigenvalue weighted by molar-refractivity contribution is 7.92. The summed E-state index contributed by atoms with van der Waals surface area (Å²) in [4.78, 5) is 14.1. The van der Waals surface area contributed by atoms with Crippen LogP contribution in [0.25, 0.3) is 6.08 Å². The van der Waals surface area contributed by atoms with Gasteiger partial charge in [-0.25, -0.2) is 17.6 Å². The van der Waals surface area contributed by atoms with E-state index >= 15 is 0 Å². The first-order valence-electron chi connectivity index (χ1n) is 11.4. The minimum absolute atomic E-state index is 0.0867. The molecule has 1 aliphatic carbocycles. The standard InChI is InChI=1S/C25H29FN2O5S/c1-4-28(5-2)12-6-7-16-13-18(26)8-11-21(16)34(31,32)27-20-10-9-19-23(22(20)24(29)30)33-15-17-14-25(17,19)3/h6-11,13,17,27H,4-5,12,14-15H2,1-3H3,(H,29,30)/b7-6-/t17-,25-/m0/s1. The number of hydrogen-bond acceptors (Lipinski definition) is 5. The number of likely N-dealkylation sites (N-methyl/N-ethyl adjacent to an activating group) is 1. The van der Waals surface area contributed by atoms with Gasteiger partial charge in [-0.15, -0.1) is 0 Å². The van der Waals surface area contributed by atoms with Crippen LogP contribution in [0.3, 0.4) is 0 Å². The topological polar surface area (TPSA) is 95.9 Å². The molecule has 2 aromatic carbocycles. The number of anilines is 1. The van der Waals surface area contributed by atoms with E-state index in [1.165, 1.54) is 12.1 Å². The fourth-order valence-electron chi connectivity index (χ4n) is 4.59. The Kier molecular flexibility index (Phi) is 6.44. The predicted molar refractivity (Wildman–Crippen MR) is 128 cm³/mol. The fourth-order valence-corrected chi connectivity index (χ4v) is 5.85. The highest BCUT2D eigenvalue weighted by atomic mass is 32.2. The average molecular weight is 489 g/mol. The fraction of sp³-hybridized carbons (Fsp3) is 0.400. The molecule has 1 saturated carbocycles. The number of hydrogen-bond donors (Lipinski definition) is 2. The molecule has 2 aromatic rings. The van der Waals surface area contributed by atoms with Crippen molar-refractivity contribution in [3.05, 3.63) is 58.9 Å². The van der Waals surface area contributed by atoms with Crippen LogP contribution in [0.5, 0.6) is 5.75 Å². The Morgan fingerprint density at radius 2 is 2.03 bits per heavy atom. The van der Waals surface area contributed by atoms with Crippen molar-refractivity contribution in [3.8, 4) is 5.75 Å². The second-order valence-corrected chi connectivity index (χ2v) is 10.6. The maximum atomic E-state index is 14.0. The van der Waals surface area contributed by atoms with E-state index in [9.17, 15) is 22.7 Å². The maximum Gasteiger partial charge on any atom is 0.341 e. The Bertz CT molecular complexity index is 1260. The third-order valence-corrected chi connectivity index (χ3v) is 8.33. The van der Waals surface area contributed by atoms with Crippen LogP contribution in [-0.2, 0) is 15.4 Å². The van der Waals surface area contributed by atoms with Gasteiger partial charge in [-0.1, -0.05) is 39.0 Å². The number of rotatable bonds is 9. The van der Waals surface area contributed by atoms with Gasteiger partial charge in [-0.05, 0) is 49.3 Å². The van der Waals surface area contributed by atoms with Crippen LogP contribution in [0.4, 0.5) is 10.1 Å². The normalized spacial score (nSPS) is 21.1. The van der Waals surface area contributed by atoms with Gasteiger partial charge in [0.1, 0.15) is 17.1 Å². The van der Waals surface area contributed by atoms with Crippen molar-refractivity contribution in [2.75, 3.05) is 31.0 Å². The van der Waals surface area contributed by atoms with Crippen LogP contribution < -0.4 is 9.46 Å². The Hall–Kier alpha value is -2.91. The number of aromatic carboxylic acids is 1. The second-order valence-electron chi connectivity index (χ2n) is 8.98. The molecule has 2 N–H and O–H groups in total. The van der Waals surface area contributed by atoms with Crippen LogP contribution in [0.2, 0.25) is 0 Å². The number of carbonyl (C=O) groups is 1. The third kappa shape index (κ3) is 4.42. The summed E-state index contributed by atoms with van der Waals surface area (Å²) in [6, 6.07) is 6.59. The van der Waals surface area contributed by atoms with Gasteiger partial charge in [-0.2, -0.15) is 0 Å². The van der Waals surface area contributed by atoms with Gasteiger partial charge in [-0.3, -0.25) is 4.72 Å². The number of nitrogens with one attached hydrogen (secondary N) is 1. The first kappa shape index (κ1) is 24.2. The molecule has 7 nitrogen and oxygen atoms in total. The quantitative estimate of drug-likeness (QED) is 0.545. The van der Waals surface area contributed by atoms with Crippen LogP contribution in [0, 0.1) is 11.7 Å². The predicted octanol–water partition coefficient (Wildman–Crippen LogP) is 4.35. The molecule has 2 aliphatic rings. The summed E-state index contributed by atoms with van der Waals surface area (Å²) in [6.07, 6.45) is 4.25. The van der Waals surface area contributed by atoms with Crippen LogP contribution in [-0.4, -0.2) is 50.6 Å². The van der Waals surface area contributed by atoms with E-state index < -0.39 is 21.8 Å². The Labute approximate surface area is 199 Å². The molecule has 0 unspecified atom stereocenters. The smallest absolute Gasteiger partial charge is 0.341 e. The number of benzene rings is 2. The summed E-state index contributed by atoms with van der Waals surface area (Å²) in [7, 11) is -4.22. The molecule has 0 spiro atoms. The number of carboxylic acid groups (broad SMARTS) is 1. The zero-order valence-electron chi connectivity index (χ0n) is 19.5. The molecule has 9 heteroatoms. The van der Waals surface area contributed by atoms with Gasteiger partial charge < -0.3 is 14.7 Å². The zero-order chi connectivity index (χ0) is 24.7. The summed E-state index contributed by atoms with van der Waals surface area (Å²) >= 11 is 0. The first-order chi connectivity index (χ1) is 16.1. The van der Waals surface area contributed by atoms with Gasteiger partial charge in [0.05, 0.1) is 17.2 Å². The van der Waals surface area contributed by atoms with Crippen LogP contribution in [0.15, 0.2) is 41.3 Å². The Balaban J connectivity index is 1.69. The van der Waals surface area contributed by atoms with Crippen molar-refractivity contribution in [1.82, 2.24) is 4.90 Å². The van der Waals surface area contributed by atoms with E-state index in [1.54, 1.807) is 18.2 Å². The number of sulfonamides is 1. The molecular formula is C25H29FN2O5S. The highest BCUT2D eigenvalue weighted by Gasteiger charge is 2.56. The van der Waals surface area contributed by atoms with Crippen molar-refractivity contribution in [2.24, 2.45) is 5.92 Å². The molecule has 1 heterocycles. The molecule has 0 amide bonds. The van der Waals surface area contributed by atoms with E-state index in [0.29, 0.717) is 19.1 Å². The van der Waals surface area contributed by atoms with Crippen LogP contribution >= 0.6 is 0 Å². The number of carboxylic acids is 1. The lowest BCUT2D eigenvalue weighted by Gasteiger charge is -2.25. The average Bonchev–Trinajstić information content (AvgIpc) is 3.47. The van der Waals surface area contributed by atoms with Crippen molar-refractivity contribution < 1.29 is 27.4 Å². The van der Waals surface area contributed by atoms with E-state index in [4.69, 9.17) is 4.74 Å². The lowest BCUT2D eigenvalue weighted by atomic mass is 9.90. The molecule has 0 saturated heterocycles. The SMILES string of the molecule is CCN(CC)C/C=C\c1cc(F)ccc1S(=O)(=O)Nc1ccc2c(c1C(=O)O)OC[C@@H]1C[C@]21C. The molecule has 1 fully saturated rings. The van der Waals surface area contributed by atoms with Gasteiger partial charge in [0.25, 0.3) is 10.0 Å². The third-order valence-electron chi connectivity index (χ3n) is 6.89. The highest BCUT2D eigenvalue weighted by Crippen LogP contribution is 2.60. The summed E-state index contributed by atoms with van der Waals surface area (Å²) < 4.78 is 48.7. The summed E-state index contributed by atoms with van der Waals surface area (Å²) in [5.41, 5.74) is 0.518. The Morgan fingerprint density at radius 3 is 2.71 bits per heavy atom. The number of nitrogens with zero attached hydrogens (tertiary/aromatic N) is 1. The number of ether oxygens (including phenoxy) is 1. The lowest BCUT2D eigenvalue weighted by molar-refractivity contribution is 0.0692. The minimum Gasteiger partial charge on any atom is -0.492 e. The molecule has 0 radical (unpaired) electrons. The lowest BCUT2D eigenvalue weighted by Crippen LogP contribution is -2.23. The van der Waals surface area contributed by atoms with Crippen LogP contribution in [0.1, 0.15) is 48.7 Å². The van der Waals surface area contributed by atoms with Crippen molar-refractivity contribution in [3.63, 3.8) is 0 Å². The van der Waals surface area contributed by atoms with E-state index in [-0.39, 0.29) is 32.9 Å². The molecule has 34 heavy (non-hydrogen) atoms. The van der Waals surface area contributed by atoms with E-state index in [2.05, 4.69) is 16.5 Å². The molecule has 182 valence electrons. The summed E-state index contributed by atoms with van der Waals surface area (Å²) in [5.74, 6) is -1.30. The van der Waals surface area contributed by atoms with Crippen molar-refractivity contribution in [2.45, 2.75) is 37.5 Å². The molecule has 0 aromatic heterocycles. The Morgan fingerprint density at radius 1 is 1.29 bits per heavy atom. The molecule has 2 atom stereocenters. The van der Waals surface area contributed by atoms with Gasteiger partial charge in [0.2, 0.25) is 0 Å². The molecule has 4 rings (SSSR count). The molecule has 1 aliphatic heterocycles. The van der Waals surface area contributed by atoms with Gasteiger partial charge >= 0.3 is 5.97 Å². The van der Waals surface area contributed by atoms with Crippen molar-refractivity contribution >= 4 is 27.8 Å². The van der Waals surface area contributed by atoms with E-state index in [1.807, 2.05) is 13.8 Å². The maximum absolute atomic E-state index is 14.0. The monoisotopic (exact) mass is 488 g/mol. The first-order valence-corrected chi connectivity index (χ1v) is 12.8. The number of halogens is 1. The molecular weight excluding hydrogens is 459 g/mol. The zero-order valence-corrected chi connectivity index (χ0v) is 20.3.